The van der Waals surface area contributed by atoms with E-state index in [0.29, 0.717) is 24.5 Å². The van der Waals surface area contributed by atoms with Gasteiger partial charge in [0.2, 0.25) is 0 Å². The molecule has 6 nitrogen and oxygen atoms in total. The number of nitrogens with one attached hydrogen (secondary N) is 1. The molecule has 0 saturated carbocycles. The second-order valence-corrected chi connectivity index (χ2v) is 5.19. The summed E-state index contributed by atoms with van der Waals surface area (Å²) in [5.74, 6) is -0.153. The average Bonchev–Trinajstić information content (AvgIpc) is 2.66. The second-order valence-electron chi connectivity index (χ2n) is 5.19. The summed E-state index contributed by atoms with van der Waals surface area (Å²) in [5.41, 5.74) is 1.55. The number of esters is 1. The zero-order valence-electron chi connectivity index (χ0n) is 14.1. The Bertz CT molecular complexity index is 670. The number of benzene rings is 2. The molecule has 25 heavy (non-hydrogen) atoms. The minimum atomic E-state index is -0.471. The van der Waals surface area contributed by atoms with Gasteiger partial charge in [0.25, 0.3) is 5.91 Å². The van der Waals surface area contributed by atoms with Gasteiger partial charge in [-0.2, -0.15) is 0 Å². The molecule has 0 aliphatic heterocycles. The molecule has 2 aromatic carbocycles. The lowest BCUT2D eigenvalue weighted by Gasteiger charge is -2.08. The van der Waals surface area contributed by atoms with Crippen molar-refractivity contribution in [2.75, 3.05) is 26.9 Å². The first-order valence-electron chi connectivity index (χ1n) is 7.88. The molecule has 2 rings (SSSR count). The zero-order valence-corrected chi connectivity index (χ0v) is 14.1. The van der Waals surface area contributed by atoms with Gasteiger partial charge in [0.1, 0.15) is 12.4 Å². The van der Waals surface area contributed by atoms with E-state index in [1.54, 1.807) is 24.3 Å². The molecule has 0 radical (unpaired) electrons. The van der Waals surface area contributed by atoms with Gasteiger partial charge in [-0.1, -0.05) is 30.3 Å². The van der Waals surface area contributed by atoms with Gasteiger partial charge in [-0.3, -0.25) is 4.79 Å². The summed E-state index contributed by atoms with van der Waals surface area (Å²) in [6.45, 7) is 0.812. The summed E-state index contributed by atoms with van der Waals surface area (Å²) in [7, 11) is 1.53. The highest BCUT2D eigenvalue weighted by atomic mass is 16.6. The lowest BCUT2D eigenvalue weighted by molar-refractivity contribution is -0.147. The molecule has 1 N–H and O–H groups in total. The van der Waals surface area contributed by atoms with E-state index in [0.717, 1.165) is 5.56 Å². The summed E-state index contributed by atoms with van der Waals surface area (Å²) in [5, 5.41) is 2.85. The Hall–Kier alpha value is -2.86. The van der Waals surface area contributed by atoms with Crippen molar-refractivity contribution in [1.82, 2.24) is 5.32 Å². The Morgan fingerprint density at radius 2 is 1.68 bits per heavy atom. The Morgan fingerprint density at radius 1 is 0.960 bits per heavy atom. The number of ether oxygens (including phenoxy) is 3. The van der Waals surface area contributed by atoms with Crippen LogP contribution in [0.15, 0.2) is 54.6 Å². The van der Waals surface area contributed by atoms with Crippen molar-refractivity contribution in [2.24, 2.45) is 0 Å². The second kappa shape index (κ2) is 10.1. The maximum absolute atomic E-state index is 12.1. The molecule has 0 bridgehead atoms. The highest BCUT2D eigenvalue weighted by molar-refractivity contribution is 5.94. The molecule has 2 aromatic rings. The smallest absolute Gasteiger partial charge is 0.344 e. The van der Waals surface area contributed by atoms with Crippen LogP contribution in [0.5, 0.6) is 5.75 Å². The number of amides is 1. The molecule has 0 fully saturated rings. The van der Waals surface area contributed by atoms with Crippen molar-refractivity contribution >= 4 is 11.9 Å². The van der Waals surface area contributed by atoms with Crippen LogP contribution in [0, 0.1) is 0 Å². The Labute approximate surface area is 146 Å². The van der Waals surface area contributed by atoms with Gasteiger partial charge in [-0.15, -0.1) is 0 Å². The predicted molar refractivity (Wildman–Crippen MR) is 92.4 cm³/mol. The molecule has 0 unspecified atom stereocenters. The Morgan fingerprint density at radius 3 is 2.36 bits per heavy atom. The van der Waals surface area contributed by atoms with Crippen LogP contribution >= 0.6 is 0 Å². The summed E-state index contributed by atoms with van der Waals surface area (Å²) in [6, 6.07) is 16.2. The first-order chi connectivity index (χ1) is 12.2. The van der Waals surface area contributed by atoms with E-state index < -0.39 is 5.97 Å². The topological polar surface area (TPSA) is 73.9 Å². The van der Waals surface area contributed by atoms with E-state index in [9.17, 15) is 9.59 Å². The molecule has 0 aromatic heterocycles. The van der Waals surface area contributed by atoms with Gasteiger partial charge in [0, 0.05) is 19.2 Å². The van der Waals surface area contributed by atoms with Gasteiger partial charge in [0.15, 0.2) is 6.61 Å². The first-order valence-corrected chi connectivity index (χ1v) is 7.88. The van der Waals surface area contributed by atoms with Gasteiger partial charge < -0.3 is 19.5 Å². The normalized spacial score (nSPS) is 10.1. The molecular formula is C19H21NO5. The molecule has 0 aliphatic carbocycles. The third kappa shape index (κ3) is 6.64. The summed E-state index contributed by atoms with van der Waals surface area (Å²) in [4.78, 5) is 23.5. The largest absolute Gasteiger partial charge is 0.482 e. The van der Waals surface area contributed by atoms with Gasteiger partial charge in [-0.25, -0.2) is 4.79 Å². The Kier molecular flexibility index (Phi) is 7.46. The van der Waals surface area contributed by atoms with Crippen molar-refractivity contribution in [3.63, 3.8) is 0 Å². The summed E-state index contributed by atoms with van der Waals surface area (Å²) in [6.07, 6.45) is 0. The number of methoxy groups -OCH3 is 1. The fourth-order valence-electron chi connectivity index (χ4n) is 2.01. The van der Waals surface area contributed by atoms with Crippen LogP contribution in [0.2, 0.25) is 0 Å². The lowest BCUT2D eigenvalue weighted by atomic mass is 10.2. The maximum Gasteiger partial charge on any atom is 0.344 e. The fourth-order valence-corrected chi connectivity index (χ4v) is 2.01. The minimum absolute atomic E-state index is 0.172. The van der Waals surface area contributed by atoms with Crippen LogP contribution in [0.4, 0.5) is 0 Å². The van der Waals surface area contributed by atoms with Gasteiger partial charge >= 0.3 is 5.97 Å². The van der Waals surface area contributed by atoms with Crippen LogP contribution in [0.3, 0.4) is 0 Å². The van der Waals surface area contributed by atoms with E-state index in [1.807, 2.05) is 30.3 Å². The molecule has 0 spiro atoms. The molecule has 0 aliphatic rings. The zero-order chi connectivity index (χ0) is 17.9. The van der Waals surface area contributed by atoms with Crippen molar-refractivity contribution in [3.8, 4) is 5.75 Å². The van der Waals surface area contributed by atoms with Crippen LogP contribution < -0.4 is 10.1 Å². The maximum atomic E-state index is 12.1. The first kappa shape index (κ1) is 18.5. The Balaban J connectivity index is 1.77. The number of carbonyl (C=O) groups is 2. The molecule has 6 heteroatoms. The predicted octanol–water partition coefficient (Wildman–Crippen LogP) is 2.18. The van der Waals surface area contributed by atoms with E-state index in [2.05, 4.69) is 5.32 Å². The number of hydrogen-bond acceptors (Lipinski definition) is 5. The van der Waals surface area contributed by atoms with Crippen molar-refractivity contribution in [1.29, 1.82) is 0 Å². The van der Waals surface area contributed by atoms with Crippen molar-refractivity contribution in [2.45, 2.75) is 6.54 Å². The monoisotopic (exact) mass is 343 g/mol. The van der Waals surface area contributed by atoms with Crippen molar-refractivity contribution in [3.05, 3.63) is 65.7 Å². The third-order valence-corrected chi connectivity index (χ3v) is 3.32. The van der Waals surface area contributed by atoms with Crippen LogP contribution in [0.1, 0.15) is 15.9 Å². The molecule has 1 amide bonds. The van der Waals surface area contributed by atoms with Crippen LogP contribution in [-0.2, 0) is 20.8 Å². The van der Waals surface area contributed by atoms with Gasteiger partial charge in [0.05, 0.1) is 6.61 Å². The minimum Gasteiger partial charge on any atom is -0.482 e. The fraction of sp³-hybridized carbons (Fsp3) is 0.263. The van der Waals surface area contributed by atoms with Gasteiger partial charge in [-0.05, 0) is 29.8 Å². The molecule has 0 saturated heterocycles. The SMILES string of the molecule is COCCOC(=O)COc1ccc(C(=O)NCc2ccccc2)cc1. The molecule has 0 heterocycles. The lowest BCUT2D eigenvalue weighted by Crippen LogP contribution is -2.22. The van der Waals surface area contributed by atoms with E-state index in [4.69, 9.17) is 14.2 Å². The van der Waals surface area contributed by atoms with Crippen LogP contribution in [0.25, 0.3) is 0 Å². The van der Waals surface area contributed by atoms with E-state index in [-0.39, 0.29) is 19.1 Å². The average molecular weight is 343 g/mol. The quantitative estimate of drug-likeness (QED) is 0.558. The highest BCUT2D eigenvalue weighted by Crippen LogP contribution is 2.12. The standard InChI is InChI=1S/C19H21NO5/c1-23-11-12-24-18(21)14-25-17-9-7-16(8-10-17)19(22)20-13-15-5-3-2-4-6-15/h2-10H,11-14H2,1H3,(H,20,22). The third-order valence-electron chi connectivity index (χ3n) is 3.32. The molecule has 0 atom stereocenters. The van der Waals surface area contributed by atoms with Crippen LogP contribution in [-0.4, -0.2) is 38.8 Å². The summed E-state index contributed by atoms with van der Waals surface area (Å²) >= 11 is 0. The number of carbonyl (C=O) groups excluding carboxylic acids is 2. The van der Waals surface area contributed by atoms with E-state index >= 15 is 0 Å². The molecular weight excluding hydrogens is 322 g/mol. The van der Waals surface area contributed by atoms with E-state index in [1.165, 1.54) is 7.11 Å². The molecule has 132 valence electrons. The highest BCUT2D eigenvalue weighted by Gasteiger charge is 2.07. The van der Waals surface area contributed by atoms with Crippen molar-refractivity contribution < 1.29 is 23.8 Å². The summed E-state index contributed by atoms with van der Waals surface area (Å²) < 4.78 is 15.0. The number of rotatable bonds is 9. The number of hydrogen-bond donors (Lipinski definition) is 1.